The molecule has 1 atom stereocenters. The third kappa shape index (κ3) is 8.25. The van der Waals surface area contributed by atoms with Crippen molar-refractivity contribution in [2.24, 2.45) is 0 Å². The van der Waals surface area contributed by atoms with Gasteiger partial charge in [-0.1, -0.05) is 54.9 Å². The molecule has 9 heteroatoms. The average Bonchev–Trinajstić information content (AvgIpc) is 2.77. The number of hydrogen-bond acceptors (Lipinski definition) is 4. The topological polar surface area (TPSA) is 86.8 Å². The van der Waals surface area contributed by atoms with Crippen LogP contribution in [0.5, 0.6) is 0 Å². The number of carbonyl (C=O) groups is 2. The summed E-state index contributed by atoms with van der Waals surface area (Å²) < 4.78 is 26.3. The number of anilines is 1. The number of aryl methyl sites for hydroxylation is 1. The van der Waals surface area contributed by atoms with E-state index in [1.165, 1.54) is 4.31 Å². The maximum atomic E-state index is 13.4. The number of carbonyl (C=O) groups excluding carboxylic acids is 2. The summed E-state index contributed by atoms with van der Waals surface area (Å²) in [7, 11) is -3.53. The van der Waals surface area contributed by atoms with Crippen molar-refractivity contribution >= 4 is 39.1 Å². The summed E-state index contributed by atoms with van der Waals surface area (Å²) in [5.41, 5.74) is 2.18. The van der Waals surface area contributed by atoms with Crippen molar-refractivity contribution in [2.75, 3.05) is 17.1 Å². The normalized spacial score (nSPS) is 12.3. The molecule has 0 aliphatic carbocycles. The fraction of sp³-hybridized carbons (Fsp3) is 0.462. The van der Waals surface area contributed by atoms with Gasteiger partial charge in [-0.15, -0.1) is 0 Å². The molecule has 0 fully saturated rings. The van der Waals surface area contributed by atoms with Crippen molar-refractivity contribution in [1.82, 2.24) is 10.2 Å². The van der Waals surface area contributed by atoms with Crippen LogP contribution in [0.15, 0.2) is 48.5 Å². The second kappa shape index (κ2) is 12.9. The molecule has 0 heterocycles. The number of sulfonamides is 1. The lowest BCUT2D eigenvalue weighted by molar-refractivity contribution is -0.141. The largest absolute Gasteiger partial charge is 0.352 e. The van der Waals surface area contributed by atoms with Crippen LogP contribution in [0.25, 0.3) is 0 Å². The Morgan fingerprint density at radius 3 is 2.26 bits per heavy atom. The Morgan fingerprint density at radius 2 is 1.69 bits per heavy atom. The highest BCUT2D eigenvalue weighted by Gasteiger charge is 2.29. The quantitative estimate of drug-likeness (QED) is 0.444. The van der Waals surface area contributed by atoms with Crippen LogP contribution in [0.4, 0.5) is 5.69 Å². The molecule has 2 aromatic rings. The fourth-order valence-corrected chi connectivity index (χ4v) is 5.15. The van der Waals surface area contributed by atoms with Gasteiger partial charge in [-0.25, -0.2) is 8.42 Å². The average molecular weight is 522 g/mol. The van der Waals surface area contributed by atoms with E-state index in [9.17, 15) is 18.0 Å². The zero-order valence-electron chi connectivity index (χ0n) is 21.1. The summed E-state index contributed by atoms with van der Waals surface area (Å²) in [4.78, 5) is 27.9. The van der Waals surface area contributed by atoms with E-state index in [1.54, 1.807) is 23.1 Å². The van der Waals surface area contributed by atoms with Gasteiger partial charge in [0.15, 0.2) is 0 Å². The molecule has 1 N–H and O–H groups in total. The number of nitrogens with one attached hydrogen (secondary N) is 1. The van der Waals surface area contributed by atoms with E-state index >= 15 is 0 Å². The van der Waals surface area contributed by atoms with E-state index in [1.807, 2.05) is 58.0 Å². The molecule has 0 aromatic heterocycles. The van der Waals surface area contributed by atoms with E-state index in [0.717, 1.165) is 17.4 Å². The third-order valence-corrected chi connectivity index (χ3v) is 7.20. The molecule has 7 nitrogen and oxygen atoms in total. The van der Waals surface area contributed by atoms with Gasteiger partial charge < -0.3 is 10.2 Å². The Kier molecular flexibility index (Phi) is 10.6. The smallest absolute Gasteiger partial charge is 0.243 e. The summed E-state index contributed by atoms with van der Waals surface area (Å²) in [6.07, 6.45) is 2.00. The summed E-state index contributed by atoms with van der Waals surface area (Å²) in [6, 6.07) is 13.7. The van der Waals surface area contributed by atoms with Crippen LogP contribution < -0.4 is 9.62 Å². The highest BCUT2D eigenvalue weighted by atomic mass is 35.5. The van der Waals surface area contributed by atoms with Gasteiger partial charge in [0.2, 0.25) is 21.8 Å². The zero-order valence-corrected chi connectivity index (χ0v) is 22.7. The number of nitrogens with zero attached hydrogens (tertiary/aromatic N) is 2. The minimum Gasteiger partial charge on any atom is -0.352 e. The molecule has 0 aliphatic heterocycles. The summed E-state index contributed by atoms with van der Waals surface area (Å²) in [6.45, 7) is 7.80. The Bertz CT molecular complexity index is 1120. The first kappa shape index (κ1) is 28.7. The monoisotopic (exact) mass is 521 g/mol. The van der Waals surface area contributed by atoms with Crippen LogP contribution in [0.2, 0.25) is 5.02 Å². The Hall–Kier alpha value is -2.58. The van der Waals surface area contributed by atoms with E-state index < -0.39 is 16.1 Å². The lowest BCUT2D eigenvalue weighted by Crippen LogP contribution is -2.50. The van der Waals surface area contributed by atoms with Gasteiger partial charge in [0, 0.05) is 30.6 Å². The predicted octanol–water partition coefficient (Wildman–Crippen LogP) is 4.53. The molecule has 0 saturated heterocycles. The highest BCUT2D eigenvalue weighted by molar-refractivity contribution is 7.92. The summed E-state index contributed by atoms with van der Waals surface area (Å²) >= 11 is 6.35. The van der Waals surface area contributed by atoms with Gasteiger partial charge in [-0.3, -0.25) is 13.9 Å². The van der Waals surface area contributed by atoms with Gasteiger partial charge in [0.25, 0.3) is 0 Å². The number of amides is 2. The first-order valence-corrected chi connectivity index (χ1v) is 14.0. The number of para-hydroxylation sites is 1. The minimum absolute atomic E-state index is 0.0637. The first-order valence-electron chi connectivity index (χ1n) is 11.8. The standard InChI is InChI=1S/C26H36ClN3O4S/c1-6-23(26(32)28-19(2)3)29(18-21-13-8-9-14-22(21)27)25(31)16-11-17-30(35(5,33)34)24-15-10-7-12-20(24)4/h7-10,12-15,19,23H,6,11,16-18H2,1-5H3,(H,28,32). The summed E-state index contributed by atoms with van der Waals surface area (Å²) in [5, 5.41) is 3.42. The molecule has 1 unspecified atom stereocenters. The Balaban J connectivity index is 2.24. The van der Waals surface area contributed by atoms with Gasteiger partial charge in [0.1, 0.15) is 6.04 Å². The second-order valence-corrected chi connectivity index (χ2v) is 11.2. The van der Waals surface area contributed by atoms with E-state index in [2.05, 4.69) is 5.32 Å². The second-order valence-electron chi connectivity index (χ2n) is 8.93. The Labute approximate surface area is 214 Å². The maximum absolute atomic E-state index is 13.4. The Morgan fingerprint density at radius 1 is 1.06 bits per heavy atom. The molecule has 2 amide bonds. The van der Waals surface area contributed by atoms with Gasteiger partial charge >= 0.3 is 0 Å². The van der Waals surface area contributed by atoms with Crippen molar-refractivity contribution in [2.45, 2.75) is 65.6 Å². The SMILES string of the molecule is CCC(C(=O)NC(C)C)N(Cc1ccccc1Cl)C(=O)CCCN(c1ccccc1C)S(C)(=O)=O. The first-order chi connectivity index (χ1) is 16.5. The van der Waals surface area contributed by atoms with Crippen LogP contribution in [0.3, 0.4) is 0 Å². The van der Waals surface area contributed by atoms with Crippen molar-refractivity contribution in [3.8, 4) is 0 Å². The lowest BCUT2D eigenvalue weighted by atomic mass is 10.1. The molecule has 0 bridgehead atoms. The van der Waals surface area contributed by atoms with Crippen LogP contribution in [0.1, 0.15) is 51.2 Å². The van der Waals surface area contributed by atoms with Gasteiger partial charge in [-0.05, 0) is 56.9 Å². The molecular formula is C26H36ClN3O4S. The highest BCUT2D eigenvalue weighted by Crippen LogP contribution is 2.24. The summed E-state index contributed by atoms with van der Waals surface area (Å²) in [5.74, 6) is -0.450. The number of rotatable bonds is 12. The molecule has 0 spiro atoms. The molecule has 2 rings (SSSR count). The molecule has 2 aromatic carbocycles. The van der Waals surface area contributed by atoms with E-state index in [-0.39, 0.29) is 37.4 Å². The predicted molar refractivity (Wildman–Crippen MR) is 142 cm³/mol. The van der Waals surface area contributed by atoms with Crippen LogP contribution in [-0.4, -0.2) is 50.0 Å². The van der Waals surface area contributed by atoms with Crippen molar-refractivity contribution in [1.29, 1.82) is 0 Å². The third-order valence-electron chi connectivity index (χ3n) is 5.65. The van der Waals surface area contributed by atoms with Gasteiger partial charge in [-0.2, -0.15) is 0 Å². The molecule has 0 radical (unpaired) electrons. The zero-order chi connectivity index (χ0) is 26.2. The van der Waals surface area contributed by atoms with Crippen molar-refractivity contribution < 1.29 is 18.0 Å². The molecule has 0 aliphatic rings. The number of benzene rings is 2. The number of hydrogen-bond donors (Lipinski definition) is 1. The van der Waals surface area contributed by atoms with Crippen LogP contribution in [-0.2, 0) is 26.2 Å². The molecule has 192 valence electrons. The minimum atomic E-state index is -3.53. The van der Waals surface area contributed by atoms with E-state index in [0.29, 0.717) is 23.6 Å². The van der Waals surface area contributed by atoms with Crippen molar-refractivity contribution in [3.63, 3.8) is 0 Å². The van der Waals surface area contributed by atoms with Gasteiger partial charge in [0.05, 0.1) is 11.9 Å². The van der Waals surface area contributed by atoms with Crippen molar-refractivity contribution in [3.05, 3.63) is 64.7 Å². The molecular weight excluding hydrogens is 486 g/mol. The molecule has 0 saturated carbocycles. The maximum Gasteiger partial charge on any atom is 0.243 e. The number of halogens is 1. The lowest BCUT2D eigenvalue weighted by Gasteiger charge is -2.32. The fourth-order valence-electron chi connectivity index (χ4n) is 3.94. The van der Waals surface area contributed by atoms with Crippen LogP contribution >= 0.6 is 11.6 Å². The van der Waals surface area contributed by atoms with E-state index in [4.69, 9.17) is 11.6 Å². The molecule has 35 heavy (non-hydrogen) atoms. The van der Waals surface area contributed by atoms with Crippen LogP contribution in [0, 0.1) is 6.92 Å².